The van der Waals surface area contributed by atoms with E-state index in [9.17, 15) is 9.59 Å². The van der Waals surface area contributed by atoms with E-state index in [1.165, 1.54) is 0 Å². The van der Waals surface area contributed by atoms with Crippen LogP contribution < -0.4 is 5.32 Å². The molecular formula is C13H16N2O3. The Morgan fingerprint density at radius 2 is 2.22 bits per heavy atom. The normalized spacial score (nSPS) is 18.7. The number of carbonyl (C=O) groups is 2. The molecule has 1 aliphatic heterocycles. The van der Waals surface area contributed by atoms with Crippen molar-refractivity contribution in [2.75, 3.05) is 13.1 Å². The zero-order valence-electron chi connectivity index (χ0n) is 10.2. The van der Waals surface area contributed by atoms with Gasteiger partial charge in [-0.3, -0.25) is 4.79 Å². The average Bonchev–Trinajstić information content (AvgIpc) is 2.75. The molecule has 1 heterocycles. The van der Waals surface area contributed by atoms with Crippen LogP contribution in [-0.2, 0) is 0 Å². The van der Waals surface area contributed by atoms with Crippen LogP contribution in [0.25, 0.3) is 0 Å². The molecular weight excluding hydrogens is 232 g/mol. The number of likely N-dealkylation sites (tertiary alicyclic amines) is 1. The molecule has 1 atom stereocenters. The number of aryl methyl sites for hydroxylation is 1. The van der Waals surface area contributed by atoms with Crippen LogP contribution in [0.3, 0.4) is 0 Å². The number of nitrogens with zero attached hydrogens (tertiary/aromatic N) is 1. The molecule has 1 aromatic carbocycles. The molecule has 2 N–H and O–H groups in total. The van der Waals surface area contributed by atoms with Gasteiger partial charge in [0, 0.05) is 18.7 Å². The van der Waals surface area contributed by atoms with E-state index in [4.69, 9.17) is 5.11 Å². The molecule has 0 bridgehead atoms. The van der Waals surface area contributed by atoms with Crippen molar-refractivity contribution in [2.24, 2.45) is 0 Å². The molecule has 1 fully saturated rings. The van der Waals surface area contributed by atoms with E-state index in [-0.39, 0.29) is 11.9 Å². The van der Waals surface area contributed by atoms with Crippen LogP contribution in [0.4, 0.5) is 4.79 Å². The molecule has 1 saturated heterocycles. The van der Waals surface area contributed by atoms with Gasteiger partial charge >= 0.3 is 6.09 Å². The van der Waals surface area contributed by atoms with E-state index in [1.54, 1.807) is 11.0 Å². The fourth-order valence-electron chi connectivity index (χ4n) is 2.20. The summed E-state index contributed by atoms with van der Waals surface area (Å²) in [6, 6.07) is 7.27. The van der Waals surface area contributed by atoms with Gasteiger partial charge in [-0.25, -0.2) is 4.79 Å². The highest BCUT2D eigenvalue weighted by Gasteiger charge is 2.27. The van der Waals surface area contributed by atoms with Gasteiger partial charge in [-0.2, -0.15) is 0 Å². The van der Waals surface area contributed by atoms with Gasteiger partial charge in [-0.15, -0.1) is 0 Å². The third kappa shape index (κ3) is 2.80. The summed E-state index contributed by atoms with van der Waals surface area (Å²) >= 11 is 0. The number of hydrogen-bond donors (Lipinski definition) is 2. The van der Waals surface area contributed by atoms with Gasteiger partial charge in [0.1, 0.15) is 0 Å². The highest BCUT2D eigenvalue weighted by atomic mass is 16.4. The summed E-state index contributed by atoms with van der Waals surface area (Å²) in [5, 5.41) is 11.0. The summed E-state index contributed by atoms with van der Waals surface area (Å²) in [5.74, 6) is -0.0339. The minimum atomic E-state index is -1.04. The standard InChI is InChI=1S/C13H16N2O3/c1-9-3-2-4-10(7-9)12(16)15-6-5-11(8-15)14-13(17)18/h2-4,7,11,14H,5-6,8H2,1H3,(H,17,18). The predicted molar refractivity (Wildman–Crippen MR) is 66.6 cm³/mol. The smallest absolute Gasteiger partial charge is 0.404 e. The number of carboxylic acid groups (broad SMARTS) is 1. The van der Waals surface area contributed by atoms with Crippen molar-refractivity contribution in [2.45, 2.75) is 19.4 Å². The highest BCUT2D eigenvalue weighted by Crippen LogP contribution is 2.14. The molecule has 0 aliphatic carbocycles. The van der Waals surface area contributed by atoms with Crippen molar-refractivity contribution in [3.05, 3.63) is 35.4 Å². The second kappa shape index (κ2) is 5.08. The maximum Gasteiger partial charge on any atom is 0.404 e. The molecule has 2 rings (SSSR count). The Bertz CT molecular complexity index is 473. The van der Waals surface area contributed by atoms with Crippen molar-refractivity contribution >= 4 is 12.0 Å². The molecule has 1 aromatic rings. The molecule has 0 spiro atoms. The van der Waals surface area contributed by atoms with Crippen molar-refractivity contribution in [1.82, 2.24) is 10.2 Å². The van der Waals surface area contributed by atoms with Gasteiger partial charge in [0.25, 0.3) is 5.91 Å². The first-order valence-electron chi connectivity index (χ1n) is 5.91. The summed E-state index contributed by atoms with van der Waals surface area (Å²) in [5.41, 5.74) is 1.70. The molecule has 1 aliphatic rings. The van der Waals surface area contributed by atoms with Gasteiger partial charge in [0.2, 0.25) is 0 Å². The summed E-state index contributed by atoms with van der Waals surface area (Å²) in [6.07, 6.45) is -0.367. The second-order valence-electron chi connectivity index (χ2n) is 4.56. The van der Waals surface area contributed by atoms with Gasteiger partial charge in [-0.05, 0) is 25.5 Å². The lowest BCUT2D eigenvalue weighted by Gasteiger charge is -2.16. The Hall–Kier alpha value is -2.04. The van der Waals surface area contributed by atoms with Gasteiger partial charge in [0.05, 0.1) is 6.04 Å². The zero-order chi connectivity index (χ0) is 13.1. The highest BCUT2D eigenvalue weighted by molar-refractivity contribution is 5.94. The Morgan fingerprint density at radius 3 is 2.89 bits per heavy atom. The van der Waals surface area contributed by atoms with Crippen LogP contribution in [-0.4, -0.2) is 41.1 Å². The minimum absolute atomic E-state index is 0.0339. The second-order valence-corrected chi connectivity index (χ2v) is 4.56. The molecule has 96 valence electrons. The fraction of sp³-hybridized carbons (Fsp3) is 0.385. The lowest BCUT2D eigenvalue weighted by molar-refractivity contribution is 0.0788. The number of nitrogens with one attached hydrogen (secondary N) is 1. The number of rotatable bonds is 2. The van der Waals surface area contributed by atoms with Crippen LogP contribution >= 0.6 is 0 Å². The lowest BCUT2D eigenvalue weighted by atomic mass is 10.1. The molecule has 0 saturated carbocycles. The Kier molecular flexibility index (Phi) is 3.50. The Labute approximate surface area is 105 Å². The first kappa shape index (κ1) is 12.4. The van der Waals surface area contributed by atoms with E-state index < -0.39 is 6.09 Å². The van der Waals surface area contributed by atoms with Crippen LogP contribution in [0.5, 0.6) is 0 Å². The predicted octanol–water partition coefficient (Wildman–Crippen LogP) is 1.48. The third-order valence-electron chi connectivity index (χ3n) is 3.07. The SMILES string of the molecule is Cc1cccc(C(=O)N2CCC(NC(=O)O)C2)c1. The van der Waals surface area contributed by atoms with Crippen LogP contribution in [0.15, 0.2) is 24.3 Å². The third-order valence-corrected chi connectivity index (χ3v) is 3.07. The van der Waals surface area contributed by atoms with E-state index in [2.05, 4.69) is 5.32 Å². The van der Waals surface area contributed by atoms with Crippen molar-refractivity contribution in [3.63, 3.8) is 0 Å². The first-order chi connectivity index (χ1) is 8.56. The molecule has 1 unspecified atom stereocenters. The van der Waals surface area contributed by atoms with E-state index in [1.807, 2.05) is 25.1 Å². The fourth-order valence-corrected chi connectivity index (χ4v) is 2.20. The van der Waals surface area contributed by atoms with E-state index >= 15 is 0 Å². The summed E-state index contributed by atoms with van der Waals surface area (Å²) in [6.45, 7) is 2.98. The molecule has 18 heavy (non-hydrogen) atoms. The minimum Gasteiger partial charge on any atom is -0.465 e. The molecule has 5 heteroatoms. The maximum atomic E-state index is 12.2. The lowest BCUT2D eigenvalue weighted by Crippen LogP contribution is -2.37. The quantitative estimate of drug-likeness (QED) is 0.832. The van der Waals surface area contributed by atoms with Crippen molar-refractivity contribution in [1.29, 1.82) is 0 Å². The summed E-state index contributed by atoms with van der Waals surface area (Å²) < 4.78 is 0. The molecule has 0 radical (unpaired) electrons. The number of amides is 2. The van der Waals surface area contributed by atoms with Crippen LogP contribution in [0.1, 0.15) is 22.3 Å². The topological polar surface area (TPSA) is 69.6 Å². The molecule has 5 nitrogen and oxygen atoms in total. The van der Waals surface area contributed by atoms with Gasteiger partial charge in [-0.1, -0.05) is 17.7 Å². The number of benzene rings is 1. The summed E-state index contributed by atoms with van der Waals surface area (Å²) in [4.78, 5) is 24.4. The van der Waals surface area contributed by atoms with E-state index in [0.717, 1.165) is 5.56 Å². The monoisotopic (exact) mass is 248 g/mol. The Morgan fingerprint density at radius 1 is 1.44 bits per heavy atom. The maximum absolute atomic E-state index is 12.2. The average molecular weight is 248 g/mol. The first-order valence-corrected chi connectivity index (χ1v) is 5.91. The molecule has 0 aromatic heterocycles. The van der Waals surface area contributed by atoms with Crippen LogP contribution in [0.2, 0.25) is 0 Å². The van der Waals surface area contributed by atoms with Crippen molar-refractivity contribution < 1.29 is 14.7 Å². The van der Waals surface area contributed by atoms with Crippen LogP contribution in [0, 0.1) is 6.92 Å². The number of carbonyl (C=O) groups excluding carboxylic acids is 1. The van der Waals surface area contributed by atoms with E-state index in [0.29, 0.717) is 25.1 Å². The summed E-state index contributed by atoms with van der Waals surface area (Å²) in [7, 11) is 0. The largest absolute Gasteiger partial charge is 0.465 e. The van der Waals surface area contributed by atoms with Crippen molar-refractivity contribution in [3.8, 4) is 0 Å². The number of hydrogen-bond acceptors (Lipinski definition) is 2. The van der Waals surface area contributed by atoms with Gasteiger partial charge in [0.15, 0.2) is 0 Å². The van der Waals surface area contributed by atoms with Gasteiger partial charge < -0.3 is 15.3 Å². The molecule has 2 amide bonds. The zero-order valence-corrected chi connectivity index (χ0v) is 10.2. The Balaban J connectivity index is 2.01.